The molecule has 0 aliphatic carbocycles. The molecule has 0 aliphatic rings. The first-order valence-corrected chi connectivity index (χ1v) is 6.99. The van der Waals surface area contributed by atoms with Crippen LogP contribution in [-0.4, -0.2) is 20.5 Å². The summed E-state index contributed by atoms with van der Waals surface area (Å²) in [6.45, 7) is 6.04. The van der Waals surface area contributed by atoms with Crippen LogP contribution in [0.2, 0.25) is 0 Å². The molecule has 0 amide bonds. The van der Waals surface area contributed by atoms with E-state index < -0.39 is 16.8 Å². The van der Waals surface area contributed by atoms with Gasteiger partial charge in [-0.2, -0.15) is 0 Å². The van der Waals surface area contributed by atoms with E-state index in [-0.39, 0.29) is 10.8 Å². The van der Waals surface area contributed by atoms with Crippen LogP contribution in [0.4, 0.5) is 0 Å². The van der Waals surface area contributed by atoms with Gasteiger partial charge in [0.1, 0.15) is 0 Å². The summed E-state index contributed by atoms with van der Waals surface area (Å²) in [6.07, 6.45) is 0. The van der Waals surface area contributed by atoms with Crippen LogP contribution in [0.3, 0.4) is 0 Å². The average Bonchev–Trinajstić information content (AvgIpc) is 2.28. The van der Waals surface area contributed by atoms with Crippen molar-refractivity contribution in [1.82, 2.24) is 0 Å². The Morgan fingerprint density at radius 1 is 1.35 bits per heavy atom. The van der Waals surface area contributed by atoms with Gasteiger partial charge in [0, 0.05) is 21.8 Å². The molecule has 2 unspecified atom stereocenters. The van der Waals surface area contributed by atoms with E-state index in [1.807, 2.05) is 26.8 Å². The maximum Gasteiger partial charge on any atom is 0.335 e. The Labute approximate surface area is 104 Å². The molecule has 0 saturated heterocycles. The predicted octanol–water partition coefficient (Wildman–Crippen LogP) is 2.68. The van der Waals surface area contributed by atoms with Crippen LogP contribution in [-0.2, 0) is 16.6 Å². The molecular weight excluding hydrogens is 236 g/mol. The van der Waals surface area contributed by atoms with E-state index in [4.69, 9.17) is 5.11 Å². The van der Waals surface area contributed by atoms with Crippen LogP contribution in [0.5, 0.6) is 0 Å². The fourth-order valence-electron chi connectivity index (χ4n) is 1.39. The number of benzene rings is 1. The van der Waals surface area contributed by atoms with E-state index in [0.29, 0.717) is 11.7 Å². The molecule has 1 rings (SSSR count). The van der Waals surface area contributed by atoms with Crippen molar-refractivity contribution < 1.29 is 14.1 Å². The van der Waals surface area contributed by atoms with Crippen molar-refractivity contribution in [3.8, 4) is 0 Å². The van der Waals surface area contributed by atoms with E-state index in [9.17, 15) is 9.00 Å². The Morgan fingerprint density at radius 2 is 2.00 bits per heavy atom. The zero-order valence-electron chi connectivity index (χ0n) is 10.3. The largest absolute Gasteiger partial charge is 0.478 e. The molecule has 0 bridgehead atoms. The minimum absolute atomic E-state index is 0.114. The first kappa shape index (κ1) is 13.9. The second kappa shape index (κ2) is 5.96. The minimum atomic E-state index is -0.960. The minimum Gasteiger partial charge on any atom is -0.478 e. The Hall–Kier alpha value is -1.16. The van der Waals surface area contributed by atoms with Crippen molar-refractivity contribution in [1.29, 1.82) is 0 Å². The van der Waals surface area contributed by atoms with Gasteiger partial charge in [-0.25, -0.2) is 4.79 Å². The van der Waals surface area contributed by atoms with Gasteiger partial charge in [0.25, 0.3) is 0 Å². The highest BCUT2D eigenvalue weighted by Crippen LogP contribution is 2.14. The van der Waals surface area contributed by atoms with Gasteiger partial charge < -0.3 is 5.11 Å². The van der Waals surface area contributed by atoms with E-state index in [0.717, 1.165) is 5.56 Å². The van der Waals surface area contributed by atoms with Crippen LogP contribution >= 0.6 is 0 Å². The summed E-state index contributed by atoms with van der Waals surface area (Å²) in [5.41, 5.74) is 1.06. The quantitative estimate of drug-likeness (QED) is 0.879. The lowest BCUT2D eigenvalue weighted by molar-refractivity contribution is 0.0697. The summed E-state index contributed by atoms with van der Waals surface area (Å²) in [7, 11) is -0.960. The summed E-state index contributed by atoms with van der Waals surface area (Å²) in [5, 5.41) is 8.98. The average molecular weight is 254 g/mol. The highest BCUT2D eigenvalue weighted by atomic mass is 32.2. The smallest absolute Gasteiger partial charge is 0.335 e. The molecule has 4 heteroatoms. The number of hydrogen-bond acceptors (Lipinski definition) is 2. The van der Waals surface area contributed by atoms with Crippen LogP contribution in [0.15, 0.2) is 24.3 Å². The molecule has 1 aromatic carbocycles. The van der Waals surface area contributed by atoms with Gasteiger partial charge in [0.15, 0.2) is 0 Å². The fourth-order valence-corrected chi connectivity index (χ4v) is 2.77. The van der Waals surface area contributed by atoms with Crippen molar-refractivity contribution in [2.45, 2.75) is 31.8 Å². The number of carbonyl (C=O) groups is 1. The lowest BCUT2D eigenvalue weighted by Crippen LogP contribution is -2.19. The first-order valence-electron chi connectivity index (χ1n) is 5.61. The molecule has 0 fully saturated rings. The molecule has 0 aliphatic heterocycles. The predicted molar refractivity (Wildman–Crippen MR) is 69.5 cm³/mol. The van der Waals surface area contributed by atoms with Crippen molar-refractivity contribution >= 4 is 16.8 Å². The Bertz CT molecular complexity index is 426. The van der Waals surface area contributed by atoms with E-state index in [2.05, 4.69) is 0 Å². The maximum absolute atomic E-state index is 12.0. The number of carboxylic acid groups (broad SMARTS) is 1. The van der Waals surface area contributed by atoms with Crippen LogP contribution < -0.4 is 0 Å². The number of aromatic carboxylic acids is 1. The second-order valence-corrected chi connectivity index (χ2v) is 6.27. The highest BCUT2D eigenvalue weighted by Gasteiger charge is 2.15. The highest BCUT2D eigenvalue weighted by molar-refractivity contribution is 7.84. The number of rotatable bonds is 5. The van der Waals surface area contributed by atoms with E-state index in [1.165, 1.54) is 0 Å². The van der Waals surface area contributed by atoms with Gasteiger partial charge in [0.2, 0.25) is 0 Å². The zero-order chi connectivity index (χ0) is 13.0. The lowest BCUT2D eigenvalue weighted by atomic mass is 10.1. The first-order chi connectivity index (χ1) is 7.91. The third-order valence-electron chi connectivity index (χ3n) is 2.84. The van der Waals surface area contributed by atoms with Crippen molar-refractivity contribution in [3.05, 3.63) is 35.4 Å². The molecule has 3 nitrogen and oxygen atoms in total. The third kappa shape index (κ3) is 3.97. The third-order valence-corrected chi connectivity index (χ3v) is 4.83. The maximum atomic E-state index is 12.0. The molecule has 0 spiro atoms. The summed E-state index contributed by atoms with van der Waals surface area (Å²) in [5.74, 6) is -0.173. The van der Waals surface area contributed by atoms with Crippen LogP contribution in [0.25, 0.3) is 0 Å². The summed E-state index contributed by atoms with van der Waals surface area (Å²) in [4.78, 5) is 10.8. The Morgan fingerprint density at radius 3 is 2.53 bits per heavy atom. The number of carboxylic acids is 1. The van der Waals surface area contributed by atoms with Crippen molar-refractivity contribution in [2.24, 2.45) is 5.92 Å². The molecule has 0 aromatic heterocycles. The van der Waals surface area contributed by atoms with Crippen LogP contribution in [0, 0.1) is 5.92 Å². The Kier molecular flexibility index (Phi) is 4.87. The Balaban J connectivity index is 2.78. The van der Waals surface area contributed by atoms with Gasteiger partial charge in [0.05, 0.1) is 5.56 Å². The molecule has 0 saturated carbocycles. The molecule has 2 atom stereocenters. The zero-order valence-corrected chi connectivity index (χ0v) is 11.2. The summed E-state index contributed by atoms with van der Waals surface area (Å²) >= 11 is 0. The molecule has 1 N–H and O–H groups in total. The van der Waals surface area contributed by atoms with Crippen LogP contribution in [0.1, 0.15) is 36.7 Å². The molecule has 0 radical (unpaired) electrons. The van der Waals surface area contributed by atoms with E-state index >= 15 is 0 Å². The van der Waals surface area contributed by atoms with Gasteiger partial charge >= 0.3 is 5.97 Å². The van der Waals surface area contributed by atoms with Gasteiger partial charge in [-0.1, -0.05) is 32.9 Å². The van der Waals surface area contributed by atoms with Crippen molar-refractivity contribution in [3.63, 3.8) is 0 Å². The monoisotopic (exact) mass is 254 g/mol. The fraction of sp³-hybridized carbons (Fsp3) is 0.462. The van der Waals surface area contributed by atoms with Crippen molar-refractivity contribution in [2.75, 3.05) is 0 Å². The topological polar surface area (TPSA) is 54.4 Å². The van der Waals surface area contributed by atoms with Gasteiger partial charge in [-0.05, 0) is 23.6 Å². The molecule has 0 heterocycles. The molecule has 94 valence electrons. The lowest BCUT2D eigenvalue weighted by Gasteiger charge is -2.15. The SMILES string of the molecule is CC(C)C(C)S(=O)Cc1cccc(C(=O)O)c1. The summed E-state index contributed by atoms with van der Waals surface area (Å²) in [6, 6.07) is 6.64. The number of hydrogen-bond donors (Lipinski definition) is 1. The standard InChI is InChI=1S/C13H18O3S/c1-9(2)10(3)17(16)8-11-5-4-6-12(7-11)13(14)15/h4-7,9-10H,8H2,1-3H3,(H,14,15). The molecule has 1 aromatic rings. The normalized spacial score (nSPS) is 14.6. The molecule has 17 heavy (non-hydrogen) atoms. The second-order valence-electron chi connectivity index (χ2n) is 4.48. The van der Waals surface area contributed by atoms with Gasteiger partial charge in [-0.15, -0.1) is 0 Å². The van der Waals surface area contributed by atoms with Gasteiger partial charge in [-0.3, -0.25) is 4.21 Å². The molecular formula is C13H18O3S. The summed E-state index contributed by atoms with van der Waals surface area (Å²) < 4.78 is 12.0. The van der Waals surface area contributed by atoms with E-state index in [1.54, 1.807) is 18.2 Å².